The fourth-order valence-corrected chi connectivity index (χ4v) is 6.02. The first kappa shape index (κ1) is 26.9. The molecule has 0 radical (unpaired) electrons. The SMILES string of the molecule is COc1ccc(COC(=O)C2=C(C)NC3=C(C(=O)CC(c4ccco4)C3)C2c2ccc(N3CCOCC3)cc2)cc1. The van der Waals surface area contributed by atoms with Crippen molar-refractivity contribution < 1.29 is 28.2 Å². The molecule has 0 amide bonds. The number of morpholine rings is 1. The standard InChI is InChI=1S/C33H34N2O6/c1-21-30(33(37)41-20-22-5-11-26(38-2)12-6-22)31(23-7-9-25(10-8-23)35-13-16-39-17-14-35)32-27(34-21)18-24(19-28(32)36)29-4-3-15-40-29/h3-12,15,24,31,34H,13-14,16-20H2,1-2H3. The summed E-state index contributed by atoms with van der Waals surface area (Å²) in [6.45, 7) is 5.05. The number of ketones is 1. The van der Waals surface area contributed by atoms with Crippen molar-refractivity contribution in [1.82, 2.24) is 5.32 Å². The first-order chi connectivity index (χ1) is 20.0. The molecular weight excluding hydrogens is 520 g/mol. The van der Waals surface area contributed by atoms with Crippen molar-refractivity contribution in [3.63, 3.8) is 0 Å². The molecule has 1 fully saturated rings. The predicted molar refractivity (Wildman–Crippen MR) is 154 cm³/mol. The third kappa shape index (κ3) is 5.52. The molecule has 1 aromatic heterocycles. The summed E-state index contributed by atoms with van der Waals surface area (Å²) in [6, 6.07) is 19.4. The summed E-state index contributed by atoms with van der Waals surface area (Å²) in [4.78, 5) is 29.8. The van der Waals surface area contributed by atoms with Crippen LogP contribution in [0, 0.1) is 0 Å². The number of Topliss-reactive ketones (excluding diaryl/α,β-unsaturated/α-hetero) is 1. The van der Waals surface area contributed by atoms with E-state index in [-0.39, 0.29) is 18.3 Å². The molecular formula is C33H34N2O6. The number of ether oxygens (including phenoxy) is 3. The van der Waals surface area contributed by atoms with Crippen LogP contribution in [-0.2, 0) is 25.7 Å². The van der Waals surface area contributed by atoms with Crippen LogP contribution in [0.25, 0.3) is 0 Å². The summed E-state index contributed by atoms with van der Waals surface area (Å²) < 4.78 is 22.2. The average Bonchev–Trinajstić information content (AvgIpc) is 3.55. The maximum absolute atomic E-state index is 13.8. The molecule has 2 aliphatic heterocycles. The Balaban J connectivity index is 1.32. The molecule has 3 heterocycles. The van der Waals surface area contributed by atoms with Gasteiger partial charge in [0, 0.05) is 54.0 Å². The molecule has 3 aromatic rings. The van der Waals surface area contributed by atoms with E-state index in [1.54, 1.807) is 13.4 Å². The zero-order valence-corrected chi connectivity index (χ0v) is 23.4. The highest BCUT2D eigenvalue weighted by Crippen LogP contribution is 2.46. The first-order valence-corrected chi connectivity index (χ1v) is 14.0. The van der Waals surface area contributed by atoms with Crippen LogP contribution in [0.4, 0.5) is 5.69 Å². The largest absolute Gasteiger partial charge is 0.497 e. The summed E-state index contributed by atoms with van der Waals surface area (Å²) in [5.41, 5.74) is 5.46. The minimum Gasteiger partial charge on any atom is -0.497 e. The van der Waals surface area contributed by atoms with Crippen LogP contribution < -0.4 is 15.0 Å². The number of allylic oxidation sites excluding steroid dienone is 3. The van der Waals surface area contributed by atoms with E-state index in [4.69, 9.17) is 18.6 Å². The van der Waals surface area contributed by atoms with Crippen LogP contribution in [0.3, 0.4) is 0 Å². The summed E-state index contributed by atoms with van der Waals surface area (Å²) in [5, 5.41) is 3.40. The highest BCUT2D eigenvalue weighted by Gasteiger charge is 2.42. The van der Waals surface area contributed by atoms with Crippen LogP contribution in [0.15, 0.2) is 93.9 Å². The van der Waals surface area contributed by atoms with Crippen LogP contribution >= 0.6 is 0 Å². The Kier molecular flexibility index (Phi) is 7.65. The molecule has 2 unspecified atom stereocenters. The maximum atomic E-state index is 13.8. The van der Waals surface area contributed by atoms with Crippen molar-refractivity contribution in [1.29, 1.82) is 0 Å². The molecule has 2 aromatic carbocycles. The lowest BCUT2D eigenvalue weighted by Crippen LogP contribution is -2.36. The van der Waals surface area contributed by atoms with E-state index in [2.05, 4.69) is 22.3 Å². The van der Waals surface area contributed by atoms with Crippen LogP contribution in [0.2, 0.25) is 0 Å². The van der Waals surface area contributed by atoms with Gasteiger partial charge in [0.1, 0.15) is 18.1 Å². The number of rotatable bonds is 7. The average molecular weight is 555 g/mol. The van der Waals surface area contributed by atoms with Gasteiger partial charge in [-0.2, -0.15) is 0 Å². The Morgan fingerprint density at radius 1 is 1.02 bits per heavy atom. The predicted octanol–water partition coefficient (Wildman–Crippen LogP) is 5.23. The molecule has 41 heavy (non-hydrogen) atoms. The maximum Gasteiger partial charge on any atom is 0.337 e. The Morgan fingerprint density at radius 3 is 2.46 bits per heavy atom. The summed E-state index contributed by atoms with van der Waals surface area (Å²) >= 11 is 0. The smallest absolute Gasteiger partial charge is 0.337 e. The van der Waals surface area contributed by atoms with Gasteiger partial charge in [0.15, 0.2) is 5.78 Å². The molecule has 1 saturated heterocycles. The van der Waals surface area contributed by atoms with Crippen molar-refractivity contribution in [3.8, 4) is 5.75 Å². The molecule has 1 aliphatic carbocycles. The molecule has 1 N–H and O–H groups in total. The van der Waals surface area contributed by atoms with Gasteiger partial charge in [0.2, 0.25) is 0 Å². The number of hydrogen-bond donors (Lipinski definition) is 1. The second-order valence-electron chi connectivity index (χ2n) is 10.6. The minimum atomic E-state index is -0.529. The number of dihydropyridines is 1. The van der Waals surface area contributed by atoms with Gasteiger partial charge >= 0.3 is 5.97 Å². The van der Waals surface area contributed by atoms with Crippen molar-refractivity contribution in [2.24, 2.45) is 0 Å². The van der Waals surface area contributed by atoms with E-state index in [9.17, 15) is 9.59 Å². The van der Waals surface area contributed by atoms with E-state index in [1.165, 1.54) is 0 Å². The number of furan rings is 1. The van der Waals surface area contributed by atoms with Gasteiger partial charge < -0.3 is 28.8 Å². The van der Waals surface area contributed by atoms with Gasteiger partial charge in [-0.15, -0.1) is 0 Å². The van der Waals surface area contributed by atoms with Gasteiger partial charge in [-0.1, -0.05) is 24.3 Å². The second-order valence-corrected chi connectivity index (χ2v) is 10.6. The van der Waals surface area contributed by atoms with Crippen LogP contribution in [-0.4, -0.2) is 45.2 Å². The summed E-state index contributed by atoms with van der Waals surface area (Å²) in [6.07, 6.45) is 2.59. The Labute approximate surface area is 239 Å². The molecule has 2 atom stereocenters. The number of hydrogen-bond acceptors (Lipinski definition) is 8. The van der Waals surface area contributed by atoms with E-state index in [0.717, 1.165) is 47.1 Å². The zero-order valence-electron chi connectivity index (χ0n) is 23.4. The molecule has 0 saturated carbocycles. The van der Waals surface area contributed by atoms with Gasteiger partial charge in [0.25, 0.3) is 0 Å². The highest BCUT2D eigenvalue weighted by molar-refractivity contribution is 6.04. The fraction of sp³-hybridized carbons (Fsp3) is 0.333. The van der Waals surface area contributed by atoms with Crippen molar-refractivity contribution in [3.05, 3.63) is 106 Å². The number of anilines is 1. The zero-order chi connectivity index (χ0) is 28.3. The van der Waals surface area contributed by atoms with Crippen LogP contribution in [0.5, 0.6) is 5.75 Å². The number of carbonyl (C=O) groups is 2. The molecule has 8 nitrogen and oxygen atoms in total. The number of benzene rings is 2. The lowest BCUT2D eigenvalue weighted by molar-refractivity contribution is -0.140. The molecule has 0 spiro atoms. The molecule has 6 rings (SSSR count). The highest BCUT2D eigenvalue weighted by atomic mass is 16.5. The second kappa shape index (κ2) is 11.7. The number of nitrogens with one attached hydrogen (secondary N) is 1. The number of carbonyl (C=O) groups excluding carboxylic acids is 2. The quantitative estimate of drug-likeness (QED) is 0.397. The normalized spacial score (nSPS) is 20.9. The van der Waals surface area contributed by atoms with Crippen molar-refractivity contribution in [2.45, 2.75) is 38.2 Å². The van der Waals surface area contributed by atoms with Gasteiger partial charge in [-0.05, 0) is 60.9 Å². The molecule has 212 valence electrons. The first-order valence-electron chi connectivity index (χ1n) is 14.0. The van der Waals surface area contributed by atoms with Gasteiger partial charge in [-0.3, -0.25) is 4.79 Å². The number of methoxy groups -OCH3 is 1. The number of nitrogens with zero attached hydrogens (tertiary/aromatic N) is 1. The monoisotopic (exact) mass is 554 g/mol. The molecule has 8 heteroatoms. The fourth-order valence-electron chi connectivity index (χ4n) is 6.02. The molecule has 0 bridgehead atoms. The lowest BCUT2D eigenvalue weighted by atomic mass is 9.72. The third-order valence-electron chi connectivity index (χ3n) is 8.12. The van der Waals surface area contributed by atoms with E-state index in [1.807, 2.05) is 55.5 Å². The van der Waals surface area contributed by atoms with Crippen LogP contribution in [0.1, 0.15) is 48.5 Å². The van der Waals surface area contributed by atoms with E-state index >= 15 is 0 Å². The van der Waals surface area contributed by atoms with E-state index in [0.29, 0.717) is 42.9 Å². The summed E-state index contributed by atoms with van der Waals surface area (Å²) in [5.74, 6) is 0.516. The Hall–Kier alpha value is -4.30. The Morgan fingerprint density at radius 2 is 1.78 bits per heavy atom. The minimum absolute atomic E-state index is 0.00959. The summed E-state index contributed by atoms with van der Waals surface area (Å²) in [7, 11) is 1.61. The van der Waals surface area contributed by atoms with Gasteiger partial charge in [0.05, 0.1) is 32.2 Å². The molecule has 3 aliphatic rings. The van der Waals surface area contributed by atoms with Gasteiger partial charge in [-0.25, -0.2) is 4.79 Å². The van der Waals surface area contributed by atoms with E-state index < -0.39 is 11.9 Å². The Bertz CT molecular complexity index is 1460. The third-order valence-corrected chi connectivity index (χ3v) is 8.12. The lowest BCUT2D eigenvalue weighted by Gasteiger charge is -2.36. The van der Waals surface area contributed by atoms with Crippen molar-refractivity contribution in [2.75, 3.05) is 38.3 Å². The number of esters is 1. The topological polar surface area (TPSA) is 90.2 Å². The van der Waals surface area contributed by atoms with Crippen molar-refractivity contribution >= 4 is 17.4 Å².